The van der Waals surface area contributed by atoms with Crippen LogP contribution in [0, 0.1) is 5.82 Å². The molecule has 0 aromatic carbocycles. The van der Waals surface area contributed by atoms with E-state index >= 15 is 0 Å². The molecule has 0 amide bonds. The van der Waals surface area contributed by atoms with E-state index in [-0.39, 0.29) is 37.5 Å². The fourth-order valence-electron chi connectivity index (χ4n) is 3.78. The van der Waals surface area contributed by atoms with Crippen molar-refractivity contribution in [2.24, 2.45) is 0 Å². The number of hydrogen-bond donors (Lipinski definition) is 1. The lowest BCUT2D eigenvalue weighted by atomic mass is 9.92. The first-order valence-electron chi connectivity index (χ1n) is 8.89. The average Bonchev–Trinajstić information content (AvgIpc) is 3.21. The molecule has 7 nitrogen and oxygen atoms in total. The molecule has 0 atom stereocenters. The summed E-state index contributed by atoms with van der Waals surface area (Å²) < 4.78 is 43.6. The van der Waals surface area contributed by atoms with E-state index in [1.54, 1.807) is 0 Å². The maximum atomic E-state index is 13.6. The average molecular weight is 388 g/mol. The van der Waals surface area contributed by atoms with Gasteiger partial charge in [0.1, 0.15) is 22.7 Å². The van der Waals surface area contributed by atoms with Gasteiger partial charge in [-0.05, 0) is 25.0 Å². The minimum atomic E-state index is -2.69. The summed E-state index contributed by atoms with van der Waals surface area (Å²) in [7, 11) is 0. The summed E-state index contributed by atoms with van der Waals surface area (Å²) in [5, 5.41) is 0. The molecule has 0 saturated heterocycles. The second-order valence-electron chi connectivity index (χ2n) is 7.04. The molecule has 0 spiro atoms. The summed E-state index contributed by atoms with van der Waals surface area (Å²) >= 11 is 0. The number of nitrogens with one attached hydrogen (secondary N) is 1. The van der Waals surface area contributed by atoms with Crippen LogP contribution in [0.2, 0.25) is 0 Å². The van der Waals surface area contributed by atoms with Crippen molar-refractivity contribution in [3.8, 4) is 11.5 Å². The van der Waals surface area contributed by atoms with Crippen molar-refractivity contribution in [3.63, 3.8) is 0 Å². The molecule has 4 aromatic heterocycles. The van der Waals surface area contributed by atoms with E-state index < -0.39 is 17.4 Å². The summed E-state index contributed by atoms with van der Waals surface area (Å²) in [6.07, 6.45) is 4.12. The molecule has 4 heterocycles. The van der Waals surface area contributed by atoms with E-state index in [1.165, 1.54) is 39.7 Å². The minimum absolute atomic E-state index is 0.194. The van der Waals surface area contributed by atoms with Gasteiger partial charge in [-0.15, -0.1) is 0 Å². The summed E-state index contributed by atoms with van der Waals surface area (Å²) in [6.45, 7) is 0. The van der Waals surface area contributed by atoms with Crippen molar-refractivity contribution in [1.29, 1.82) is 0 Å². The SMILES string of the molecule is O=c1[nH]c2cnc(-c3cnc4ccc(F)cn34)nc2n1C1CCC(F)(F)CC1. The third-order valence-corrected chi connectivity index (χ3v) is 5.21. The van der Waals surface area contributed by atoms with Crippen molar-refractivity contribution in [1.82, 2.24) is 28.9 Å². The fourth-order valence-corrected chi connectivity index (χ4v) is 3.78. The minimum Gasteiger partial charge on any atom is -0.303 e. The Kier molecular flexibility index (Phi) is 3.58. The number of rotatable bonds is 2. The molecule has 1 fully saturated rings. The smallest absolute Gasteiger partial charge is 0.303 e. The van der Waals surface area contributed by atoms with E-state index in [0.29, 0.717) is 22.5 Å². The van der Waals surface area contributed by atoms with Gasteiger partial charge >= 0.3 is 5.69 Å². The molecule has 0 radical (unpaired) electrons. The Hall–Kier alpha value is -3.17. The standard InChI is InChI=1S/C18H15F3N6O/c19-10-1-2-14-22-8-13(26(14)9-10)15-23-7-12-16(25-15)27(17(28)24-12)11-3-5-18(20,21)6-4-11/h1-2,7-9,11H,3-6H2,(H,24,28). The summed E-state index contributed by atoms with van der Waals surface area (Å²) in [4.78, 5) is 28.1. The van der Waals surface area contributed by atoms with Gasteiger partial charge in [-0.2, -0.15) is 0 Å². The van der Waals surface area contributed by atoms with Gasteiger partial charge < -0.3 is 4.98 Å². The number of nitrogens with zero attached hydrogens (tertiary/aromatic N) is 5. The third kappa shape index (κ3) is 2.67. The highest BCUT2D eigenvalue weighted by Crippen LogP contribution is 2.38. The Balaban J connectivity index is 1.63. The predicted octanol–water partition coefficient (Wildman–Crippen LogP) is 3.32. The first-order valence-corrected chi connectivity index (χ1v) is 8.89. The molecule has 0 bridgehead atoms. The summed E-state index contributed by atoms with van der Waals surface area (Å²) in [5.74, 6) is -2.86. The van der Waals surface area contributed by atoms with Crippen molar-refractivity contribution in [2.75, 3.05) is 0 Å². The lowest BCUT2D eigenvalue weighted by molar-refractivity contribution is -0.0439. The molecule has 1 aliphatic rings. The van der Waals surface area contributed by atoms with Gasteiger partial charge in [-0.3, -0.25) is 8.97 Å². The Labute approximate surface area is 155 Å². The lowest BCUT2D eigenvalue weighted by Crippen LogP contribution is -2.30. The molecule has 1 aliphatic carbocycles. The first-order chi connectivity index (χ1) is 13.4. The molecular formula is C18H15F3N6O. The second kappa shape index (κ2) is 5.91. The highest BCUT2D eigenvalue weighted by Gasteiger charge is 2.36. The quantitative estimate of drug-likeness (QED) is 0.571. The molecule has 0 aliphatic heterocycles. The van der Waals surface area contributed by atoms with Crippen LogP contribution >= 0.6 is 0 Å². The number of alkyl halides is 2. The van der Waals surface area contributed by atoms with Gasteiger partial charge in [0.25, 0.3) is 0 Å². The third-order valence-electron chi connectivity index (χ3n) is 5.21. The molecular weight excluding hydrogens is 373 g/mol. The number of fused-ring (bicyclic) bond motifs is 2. The van der Waals surface area contributed by atoms with Crippen LogP contribution < -0.4 is 5.69 Å². The number of halogens is 3. The van der Waals surface area contributed by atoms with Gasteiger partial charge in [0.2, 0.25) is 5.92 Å². The molecule has 28 heavy (non-hydrogen) atoms. The number of pyridine rings is 1. The van der Waals surface area contributed by atoms with Crippen LogP contribution in [0.15, 0.2) is 35.5 Å². The molecule has 144 valence electrons. The van der Waals surface area contributed by atoms with E-state index in [9.17, 15) is 18.0 Å². The van der Waals surface area contributed by atoms with Gasteiger partial charge in [0.05, 0.1) is 12.4 Å². The van der Waals surface area contributed by atoms with E-state index in [4.69, 9.17) is 0 Å². The monoisotopic (exact) mass is 388 g/mol. The van der Waals surface area contributed by atoms with Crippen LogP contribution in [0.25, 0.3) is 28.3 Å². The first kappa shape index (κ1) is 17.0. The van der Waals surface area contributed by atoms with Crippen LogP contribution in [0.5, 0.6) is 0 Å². The van der Waals surface area contributed by atoms with Crippen molar-refractivity contribution in [2.45, 2.75) is 37.6 Å². The van der Waals surface area contributed by atoms with E-state index in [2.05, 4.69) is 19.9 Å². The Bertz CT molecular complexity index is 1250. The highest BCUT2D eigenvalue weighted by molar-refractivity contribution is 5.72. The zero-order valence-electron chi connectivity index (χ0n) is 14.6. The zero-order chi connectivity index (χ0) is 19.5. The van der Waals surface area contributed by atoms with Gasteiger partial charge in [-0.1, -0.05) is 0 Å². The molecule has 1 N–H and O–H groups in total. The van der Waals surface area contributed by atoms with Gasteiger partial charge in [-0.25, -0.2) is 32.9 Å². The number of aromatic nitrogens is 6. The topological polar surface area (TPSA) is 80.9 Å². The second-order valence-corrected chi connectivity index (χ2v) is 7.04. The van der Waals surface area contributed by atoms with Crippen LogP contribution in [-0.4, -0.2) is 34.8 Å². The van der Waals surface area contributed by atoms with Gasteiger partial charge in [0, 0.05) is 25.1 Å². The Morgan fingerprint density at radius 3 is 2.71 bits per heavy atom. The molecule has 1 saturated carbocycles. The molecule has 4 aromatic rings. The predicted molar refractivity (Wildman–Crippen MR) is 94.7 cm³/mol. The number of aromatic amines is 1. The van der Waals surface area contributed by atoms with E-state index in [1.807, 2.05) is 0 Å². The zero-order valence-corrected chi connectivity index (χ0v) is 14.6. The summed E-state index contributed by atoms with van der Waals surface area (Å²) in [6, 6.07) is 2.48. The lowest BCUT2D eigenvalue weighted by Gasteiger charge is -2.28. The van der Waals surface area contributed by atoms with Crippen molar-refractivity contribution >= 4 is 16.8 Å². The largest absolute Gasteiger partial charge is 0.327 e. The molecule has 10 heteroatoms. The van der Waals surface area contributed by atoms with E-state index in [0.717, 1.165) is 0 Å². The Morgan fingerprint density at radius 1 is 1.14 bits per heavy atom. The Morgan fingerprint density at radius 2 is 1.93 bits per heavy atom. The van der Waals surface area contributed by atoms with Crippen LogP contribution in [-0.2, 0) is 0 Å². The highest BCUT2D eigenvalue weighted by atomic mass is 19.3. The van der Waals surface area contributed by atoms with Gasteiger partial charge in [0.15, 0.2) is 11.5 Å². The number of H-pyrrole nitrogens is 1. The fraction of sp³-hybridized carbons (Fsp3) is 0.333. The van der Waals surface area contributed by atoms with Crippen LogP contribution in [0.4, 0.5) is 13.2 Å². The maximum Gasteiger partial charge on any atom is 0.327 e. The normalized spacial score (nSPS) is 17.5. The number of hydrogen-bond acceptors (Lipinski definition) is 4. The van der Waals surface area contributed by atoms with Crippen molar-refractivity contribution < 1.29 is 13.2 Å². The van der Waals surface area contributed by atoms with Crippen LogP contribution in [0.1, 0.15) is 31.7 Å². The van der Waals surface area contributed by atoms with Crippen molar-refractivity contribution in [3.05, 3.63) is 47.0 Å². The maximum absolute atomic E-state index is 13.6. The molecule has 5 rings (SSSR count). The van der Waals surface area contributed by atoms with Crippen LogP contribution in [0.3, 0.4) is 0 Å². The number of imidazole rings is 2. The molecule has 0 unspecified atom stereocenters. The summed E-state index contributed by atoms with van der Waals surface area (Å²) in [5.41, 5.74) is 1.36.